The lowest BCUT2D eigenvalue weighted by Crippen LogP contribution is -1.84. The first-order valence-corrected chi connectivity index (χ1v) is 17.8. The van der Waals surface area contributed by atoms with Crippen LogP contribution < -0.4 is 4.74 Å². The SMILES string of the molecule is C.C.C.C.C.C.C.COc1ccc(C)cc1.Cc1ccc(C)cc1.Cc1ccc(O)cc1.Cc1ccccc1.Cc1cccn1C.Cc1ccco1.Cc1cccs1. The van der Waals surface area contributed by atoms with Gasteiger partial charge >= 0.3 is 0 Å². The third-order valence-electron chi connectivity index (χ3n) is 6.98. The maximum absolute atomic E-state index is 8.76. The molecule has 5 heteroatoms. The molecule has 0 aliphatic carbocycles. The van der Waals surface area contributed by atoms with E-state index in [9.17, 15) is 0 Å². The number of hydrogen-bond donors (Lipinski definition) is 1. The summed E-state index contributed by atoms with van der Waals surface area (Å²) < 4.78 is 11.9. The summed E-state index contributed by atoms with van der Waals surface area (Å²) in [4.78, 5) is 1.38. The fourth-order valence-corrected chi connectivity index (χ4v) is 4.19. The Labute approximate surface area is 363 Å². The predicted molar refractivity (Wildman–Crippen MR) is 267 cm³/mol. The minimum absolute atomic E-state index is 0. The maximum Gasteiger partial charge on any atom is 0.118 e. The van der Waals surface area contributed by atoms with E-state index in [0.29, 0.717) is 5.75 Å². The van der Waals surface area contributed by atoms with Crippen LogP contribution in [0.3, 0.4) is 0 Å². The highest BCUT2D eigenvalue weighted by atomic mass is 32.1. The third kappa shape index (κ3) is 36.4. The molecule has 7 aromatic rings. The Morgan fingerprint density at radius 2 is 0.914 bits per heavy atom. The summed E-state index contributed by atoms with van der Waals surface area (Å²) in [7, 11) is 3.71. The quantitative estimate of drug-likeness (QED) is 0.180. The fourth-order valence-electron chi connectivity index (χ4n) is 3.66. The summed E-state index contributed by atoms with van der Waals surface area (Å²) in [5, 5.41) is 10.8. The van der Waals surface area contributed by atoms with Crippen molar-refractivity contribution in [1.29, 1.82) is 0 Å². The minimum atomic E-state index is 0. The number of aryl methyl sites for hydroxylation is 9. The van der Waals surface area contributed by atoms with Crippen LogP contribution in [-0.2, 0) is 7.05 Å². The molecule has 3 heterocycles. The Morgan fingerprint density at radius 3 is 1.12 bits per heavy atom. The molecule has 0 saturated carbocycles. The van der Waals surface area contributed by atoms with Gasteiger partial charge in [0.2, 0.25) is 0 Å². The van der Waals surface area contributed by atoms with Crippen LogP contribution in [0.25, 0.3) is 0 Å². The molecule has 0 amide bonds. The van der Waals surface area contributed by atoms with Gasteiger partial charge in [0.1, 0.15) is 17.3 Å². The molecule has 326 valence electrons. The fraction of sp³-hybridized carbons (Fsp3) is 0.321. The molecule has 0 spiro atoms. The molecule has 4 nitrogen and oxygen atoms in total. The van der Waals surface area contributed by atoms with E-state index in [1.807, 2.05) is 99.9 Å². The first-order valence-electron chi connectivity index (χ1n) is 16.9. The summed E-state index contributed by atoms with van der Waals surface area (Å²) in [6, 6.07) is 45.9. The van der Waals surface area contributed by atoms with Gasteiger partial charge in [-0.15, -0.1) is 11.3 Å². The molecule has 0 radical (unpaired) electrons. The minimum Gasteiger partial charge on any atom is -0.508 e. The van der Waals surface area contributed by atoms with Crippen molar-refractivity contribution >= 4 is 11.3 Å². The lowest BCUT2D eigenvalue weighted by molar-refractivity contribution is 0.414. The number of ether oxygens (including phenoxy) is 1. The Hall–Kier alpha value is -5.26. The van der Waals surface area contributed by atoms with Crippen LogP contribution in [0.4, 0.5) is 0 Å². The van der Waals surface area contributed by atoms with Gasteiger partial charge in [-0.3, -0.25) is 0 Å². The number of nitrogens with zero attached hydrogens (tertiary/aromatic N) is 1. The molecule has 0 aliphatic rings. The molecule has 1 N–H and O–H groups in total. The lowest BCUT2D eigenvalue weighted by Gasteiger charge is -1.97. The Balaban J connectivity index is -0.000000103. The van der Waals surface area contributed by atoms with E-state index in [-0.39, 0.29) is 52.0 Å². The van der Waals surface area contributed by atoms with Gasteiger partial charge in [0, 0.05) is 23.8 Å². The van der Waals surface area contributed by atoms with Crippen LogP contribution in [0.15, 0.2) is 162 Å². The largest absolute Gasteiger partial charge is 0.508 e. The summed E-state index contributed by atoms with van der Waals surface area (Å²) in [6.07, 6.45) is 3.70. The zero-order valence-corrected chi connectivity index (χ0v) is 32.9. The molecular formula is C53H85NO3S. The standard InChI is InChI=1S/C8H10O.C8H10.C7H8O.C7H8.C6H9N.C5H6O.C5H6S.7CH4/c1-7-3-5-8(9-2)6-4-7;1-7-3-5-8(2)6-4-7;1-6-2-4-7(8)5-3-6;1-7-5-3-2-4-6-7;1-6-4-3-5-7(6)2;2*1-5-3-2-4-6-5;;;;;;;/h3-6H,1-2H3;3-6H,1-2H3;2-5,8H,1H3;2-6H,1H3;3-5H,1-2H3;2*2-4H,1H3;7*1H4. The summed E-state index contributed by atoms with van der Waals surface area (Å²) in [6.45, 7) is 16.4. The summed E-state index contributed by atoms with van der Waals surface area (Å²) in [5.74, 6) is 2.21. The van der Waals surface area contributed by atoms with E-state index < -0.39 is 0 Å². The van der Waals surface area contributed by atoms with Gasteiger partial charge in [-0.25, -0.2) is 0 Å². The topological polar surface area (TPSA) is 47.5 Å². The van der Waals surface area contributed by atoms with Crippen LogP contribution >= 0.6 is 11.3 Å². The number of methoxy groups -OCH3 is 1. The molecule has 0 saturated heterocycles. The Morgan fingerprint density at radius 1 is 0.483 bits per heavy atom. The number of aromatic nitrogens is 1. The van der Waals surface area contributed by atoms with Gasteiger partial charge in [-0.05, 0) is 115 Å². The van der Waals surface area contributed by atoms with Crippen LogP contribution in [0.2, 0.25) is 0 Å². The second kappa shape index (κ2) is 41.4. The number of phenols is 1. The molecule has 7 rings (SSSR count). The first-order chi connectivity index (χ1) is 24.4. The molecule has 3 aromatic heterocycles. The number of benzene rings is 4. The second-order valence-corrected chi connectivity index (χ2v) is 13.0. The predicted octanol–water partition coefficient (Wildman–Crippen LogP) is 17.4. The van der Waals surface area contributed by atoms with Crippen molar-refractivity contribution in [3.05, 3.63) is 202 Å². The van der Waals surface area contributed by atoms with Crippen LogP contribution in [0, 0.1) is 55.4 Å². The number of aromatic hydroxyl groups is 1. The van der Waals surface area contributed by atoms with E-state index in [4.69, 9.17) is 14.3 Å². The molecule has 0 unspecified atom stereocenters. The monoisotopic (exact) mass is 816 g/mol. The van der Waals surface area contributed by atoms with E-state index in [0.717, 1.165) is 11.5 Å². The van der Waals surface area contributed by atoms with Crippen LogP contribution in [-0.4, -0.2) is 16.8 Å². The van der Waals surface area contributed by atoms with E-state index in [1.165, 1.54) is 38.4 Å². The average Bonchev–Trinajstić information content (AvgIpc) is 3.91. The van der Waals surface area contributed by atoms with E-state index >= 15 is 0 Å². The average molecular weight is 816 g/mol. The van der Waals surface area contributed by atoms with Crippen molar-refractivity contribution in [1.82, 2.24) is 4.57 Å². The van der Waals surface area contributed by atoms with Gasteiger partial charge in [-0.2, -0.15) is 0 Å². The number of furan rings is 1. The van der Waals surface area contributed by atoms with Gasteiger partial charge in [0.05, 0.1) is 13.4 Å². The highest BCUT2D eigenvalue weighted by Crippen LogP contribution is 2.10. The van der Waals surface area contributed by atoms with Crippen molar-refractivity contribution in [2.45, 2.75) is 107 Å². The molecule has 0 atom stereocenters. The van der Waals surface area contributed by atoms with Crippen molar-refractivity contribution in [2.24, 2.45) is 7.05 Å². The smallest absolute Gasteiger partial charge is 0.118 e. The van der Waals surface area contributed by atoms with Crippen molar-refractivity contribution in [3.63, 3.8) is 0 Å². The molecule has 0 fully saturated rings. The summed E-state index contributed by atoms with van der Waals surface area (Å²) in [5.41, 5.74) is 7.72. The van der Waals surface area contributed by atoms with Crippen molar-refractivity contribution < 1.29 is 14.3 Å². The van der Waals surface area contributed by atoms with Gasteiger partial charge in [-0.1, -0.05) is 165 Å². The van der Waals surface area contributed by atoms with E-state index in [2.05, 4.69) is 106 Å². The Bertz CT molecular complexity index is 1640. The van der Waals surface area contributed by atoms with Crippen molar-refractivity contribution in [2.75, 3.05) is 7.11 Å². The van der Waals surface area contributed by atoms with Crippen LogP contribution in [0.5, 0.6) is 11.5 Å². The molecular weight excluding hydrogens is 731 g/mol. The third-order valence-corrected chi connectivity index (χ3v) is 7.78. The van der Waals surface area contributed by atoms with Gasteiger partial charge in [0.15, 0.2) is 0 Å². The second-order valence-electron chi connectivity index (χ2n) is 11.9. The van der Waals surface area contributed by atoms with E-state index in [1.54, 1.807) is 36.8 Å². The summed E-state index contributed by atoms with van der Waals surface area (Å²) >= 11 is 1.78. The highest BCUT2D eigenvalue weighted by Gasteiger charge is 1.86. The number of phenolic OH excluding ortho intramolecular Hbond substituents is 1. The number of rotatable bonds is 1. The molecule has 4 aromatic carbocycles. The molecule has 0 aliphatic heterocycles. The highest BCUT2D eigenvalue weighted by molar-refractivity contribution is 7.09. The number of hydrogen-bond acceptors (Lipinski definition) is 4. The Kier molecular flexibility index (Phi) is 48.1. The first kappa shape index (κ1) is 67.5. The molecule has 58 heavy (non-hydrogen) atoms. The zero-order valence-electron chi connectivity index (χ0n) is 32.1. The van der Waals surface area contributed by atoms with Crippen molar-refractivity contribution in [3.8, 4) is 11.5 Å². The number of thiophene rings is 1. The maximum atomic E-state index is 8.76. The van der Waals surface area contributed by atoms with Crippen LogP contribution in [0.1, 0.15) is 96.1 Å². The van der Waals surface area contributed by atoms with Gasteiger partial charge in [0.25, 0.3) is 0 Å². The lowest BCUT2D eigenvalue weighted by atomic mass is 10.2. The zero-order chi connectivity index (χ0) is 37.9. The normalized spacial score (nSPS) is 7.97. The van der Waals surface area contributed by atoms with Gasteiger partial charge < -0.3 is 18.8 Å². The molecule has 0 bridgehead atoms.